The van der Waals surface area contributed by atoms with E-state index in [0.29, 0.717) is 12.4 Å². The number of aliphatic carboxylic acids is 1. The molecule has 0 bridgehead atoms. The minimum Gasteiger partial charge on any atom is -0.497 e. The average Bonchev–Trinajstić information content (AvgIpc) is 2.58. The van der Waals surface area contributed by atoms with Crippen LogP contribution in [0.25, 0.3) is 0 Å². The molecule has 4 heteroatoms. The summed E-state index contributed by atoms with van der Waals surface area (Å²) < 4.78 is 10.9. The largest absolute Gasteiger partial charge is 0.497 e. The van der Waals surface area contributed by atoms with E-state index in [1.54, 1.807) is 13.2 Å². The SMILES string of the molecule is C#CC(CC(=O)O)c1cccc(OCc2ccc(OC)cc2)c1. The number of hydrogen-bond donors (Lipinski definition) is 1. The number of methoxy groups -OCH3 is 1. The van der Waals surface area contributed by atoms with E-state index in [9.17, 15) is 4.79 Å². The molecule has 0 amide bonds. The summed E-state index contributed by atoms with van der Waals surface area (Å²) in [6, 6.07) is 14.8. The van der Waals surface area contributed by atoms with Gasteiger partial charge in [0.1, 0.15) is 18.1 Å². The van der Waals surface area contributed by atoms with E-state index in [1.807, 2.05) is 42.5 Å². The van der Waals surface area contributed by atoms with Crippen LogP contribution < -0.4 is 9.47 Å². The molecule has 1 atom stereocenters. The molecule has 0 aromatic heterocycles. The summed E-state index contributed by atoms with van der Waals surface area (Å²) in [6.07, 6.45) is 5.33. The molecule has 2 aromatic rings. The van der Waals surface area contributed by atoms with Gasteiger partial charge in [0.2, 0.25) is 0 Å². The number of carbonyl (C=O) groups is 1. The lowest BCUT2D eigenvalue weighted by molar-refractivity contribution is -0.137. The zero-order valence-corrected chi connectivity index (χ0v) is 12.9. The van der Waals surface area contributed by atoms with Crippen molar-refractivity contribution in [2.75, 3.05) is 7.11 Å². The van der Waals surface area contributed by atoms with Crippen LogP contribution in [0.4, 0.5) is 0 Å². The van der Waals surface area contributed by atoms with Gasteiger partial charge in [-0.2, -0.15) is 0 Å². The highest BCUT2D eigenvalue weighted by atomic mass is 16.5. The maximum absolute atomic E-state index is 10.9. The molecule has 0 aliphatic rings. The van der Waals surface area contributed by atoms with Gasteiger partial charge in [0.05, 0.1) is 19.4 Å². The Morgan fingerprint density at radius 1 is 1.22 bits per heavy atom. The average molecular weight is 310 g/mol. The first-order valence-corrected chi connectivity index (χ1v) is 7.16. The molecule has 0 spiro atoms. The minimum absolute atomic E-state index is 0.0988. The monoisotopic (exact) mass is 310 g/mol. The molecule has 0 saturated carbocycles. The summed E-state index contributed by atoms with van der Waals surface area (Å²) in [5, 5.41) is 8.90. The Labute approximate surface area is 135 Å². The zero-order valence-electron chi connectivity index (χ0n) is 12.9. The molecule has 2 aromatic carbocycles. The highest BCUT2D eigenvalue weighted by molar-refractivity contribution is 5.69. The summed E-state index contributed by atoms with van der Waals surface area (Å²) in [7, 11) is 1.62. The van der Waals surface area contributed by atoms with Crippen molar-refractivity contribution in [3.05, 3.63) is 59.7 Å². The standard InChI is InChI=1S/C19H18O4/c1-3-15(12-19(20)21)16-5-4-6-18(11-16)23-13-14-7-9-17(22-2)10-8-14/h1,4-11,15H,12-13H2,2H3,(H,20,21). The lowest BCUT2D eigenvalue weighted by Gasteiger charge is -2.12. The van der Waals surface area contributed by atoms with Crippen LogP contribution in [0.15, 0.2) is 48.5 Å². The van der Waals surface area contributed by atoms with Crippen LogP contribution in [0.1, 0.15) is 23.5 Å². The Morgan fingerprint density at radius 3 is 2.57 bits per heavy atom. The van der Waals surface area contributed by atoms with E-state index in [-0.39, 0.29) is 6.42 Å². The van der Waals surface area contributed by atoms with Crippen LogP contribution in [0.2, 0.25) is 0 Å². The second kappa shape index (κ2) is 7.90. The van der Waals surface area contributed by atoms with E-state index in [1.165, 1.54) is 0 Å². The first-order chi connectivity index (χ1) is 11.1. The van der Waals surface area contributed by atoms with Gasteiger partial charge in [0, 0.05) is 0 Å². The van der Waals surface area contributed by atoms with Gasteiger partial charge in [-0.15, -0.1) is 6.42 Å². The molecule has 23 heavy (non-hydrogen) atoms. The molecule has 4 nitrogen and oxygen atoms in total. The molecule has 0 fully saturated rings. The fourth-order valence-electron chi connectivity index (χ4n) is 2.16. The Balaban J connectivity index is 2.04. The van der Waals surface area contributed by atoms with Crippen molar-refractivity contribution < 1.29 is 19.4 Å². The molecule has 1 N–H and O–H groups in total. The molecule has 2 rings (SSSR count). The third kappa shape index (κ3) is 4.79. The maximum atomic E-state index is 10.9. The number of benzene rings is 2. The van der Waals surface area contributed by atoms with Crippen LogP contribution >= 0.6 is 0 Å². The normalized spacial score (nSPS) is 11.3. The van der Waals surface area contributed by atoms with E-state index in [4.69, 9.17) is 21.0 Å². The van der Waals surface area contributed by atoms with Gasteiger partial charge in [-0.1, -0.05) is 30.2 Å². The highest BCUT2D eigenvalue weighted by Gasteiger charge is 2.13. The number of rotatable bonds is 7. The Morgan fingerprint density at radius 2 is 1.96 bits per heavy atom. The van der Waals surface area contributed by atoms with Crippen molar-refractivity contribution in [3.63, 3.8) is 0 Å². The van der Waals surface area contributed by atoms with Crippen molar-refractivity contribution in [1.82, 2.24) is 0 Å². The molecule has 0 radical (unpaired) electrons. The van der Waals surface area contributed by atoms with Gasteiger partial charge in [0.15, 0.2) is 0 Å². The first-order valence-electron chi connectivity index (χ1n) is 7.16. The quantitative estimate of drug-likeness (QED) is 0.796. The molecular formula is C19H18O4. The lowest BCUT2D eigenvalue weighted by Crippen LogP contribution is -2.04. The Hall–Kier alpha value is -2.93. The van der Waals surface area contributed by atoms with Crippen molar-refractivity contribution in [1.29, 1.82) is 0 Å². The molecule has 118 valence electrons. The molecule has 0 saturated heterocycles. The smallest absolute Gasteiger partial charge is 0.304 e. The second-order valence-electron chi connectivity index (χ2n) is 5.03. The summed E-state index contributed by atoms with van der Waals surface area (Å²) in [5.74, 6) is 2.58. The number of ether oxygens (including phenoxy) is 2. The second-order valence-corrected chi connectivity index (χ2v) is 5.03. The van der Waals surface area contributed by atoms with E-state index in [2.05, 4.69) is 5.92 Å². The topological polar surface area (TPSA) is 55.8 Å². The summed E-state index contributed by atoms with van der Waals surface area (Å²) in [5.41, 5.74) is 1.78. The predicted octanol–water partition coefficient (Wildman–Crippen LogP) is 3.47. The van der Waals surface area contributed by atoms with Crippen LogP contribution in [0, 0.1) is 12.3 Å². The number of carboxylic acid groups (broad SMARTS) is 1. The van der Waals surface area contributed by atoms with Crippen molar-refractivity contribution in [2.45, 2.75) is 18.9 Å². The molecule has 0 aliphatic heterocycles. The van der Waals surface area contributed by atoms with E-state index >= 15 is 0 Å². The fraction of sp³-hybridized carbons (Fsp3) is 0.211. The number of terminal acetylenes is 1. The summed E-state index contributed by atoms with van der Waals surface area (Å²) in [4.78, 5) is 10.9. The summed E-state index contributed by atoms with van der Waals surface area (Å²) in [6.45, 7) is 0.410. The third-order valence-corrected chi connectivity index (χ3v) is 3.40. The number of carboxylic acids is 1. The fourth-order valence-corrected chi connectivity index (χ4v) is 2.16. The highest BCUT2D eigenvalue weighted by Crippen LogP contribution is 2.24. The van der Waals surface area contributed by atoms with Crippen molar-refractivity contribution in [3.8, 4) is 23.8 Å². The minimum atomic E-state index is -0.919. The third-order valence-electron chi connectivity index (χ3n) is 3.40. The first kappa shape index (κ1) is 16.4. The maximum Gasteiger partial charge on any atom is 0.304 e. The predicted molar refractivity (Wildman–Crippen MR) is 87.6 cm³/mol. The zero-order chi connectivity index (χ0) is 16.7. The van der Waals surface area contributed by atoms with Gasteiger partial charge < -0.3 is 14.6 Å². The van der Waals surface area contributed by atoms with Crippen LogP contribution in [-0.2, 0) is 11.4 Å². The van der Waals surface area contributed by atoms with Crippen LogP contribution in [0.3, 0.4) is 0 Å². The van der Waals surface area contributed by atoms with Gasteiger partial charge in [-0.25, -0.2) is 0 Å². The number of hydrogen-bond acceptors (Lipinski definition) is 3. The van der Waals surface area contributed by atoms with Crippen molar-refractivity contribution in [2.24, 2.45) is 0 Å². The van der Waals surface area contributed by atoms with Crippen LogP contribution in [0.5, 0.6) is 11.5 Å². The Bertz CT molecular complexity index is 698. The Kier molecular flexibility index (Phi) is 5.65. The van der Waals surface area contributed by atoms with Gasteiger partial charge >= 0.3 is 5.97 Å². The molecule has 1 unspecified atom stereocenters. The van der Waals surface area contributed by atoms with Crippen LogP contribution in [-0.4, -0.2) is 18.2 Å². The molecule has 0 heterocycles. The van der Waals surface area contributed by atoms with E-state index < -0.39 is 11.9 Å². The lowest BCUT2D eigenvalue weighted by atomic mass is 9.96. The van der Waals surface area contributed by atoms with E-state index in [0.717, 1.165) is 16.9 Å². The van der Waals surface area contributed by atoms with Gasteiger partial charge in [0.25, 0.3) is 0 Å². The van der Waals surface area contributed by atoms with Gasteiger partial charge in [-0.05, 0) is 35.4 Å². The molecule has 0 aliphatic carbocycles. The molecular weight excluding hydrogens is 292 g/mol. The summed E-state index contributed by atoms with van der Waals surface area (Å²) >= 11 is 0. The van der Waals surface area contributed by atoms with Crippen molar-refractivity contribution >= 4 is 5.97 Å². The van der Waals surface area contributed by atoms with Gasteiger partial charge in [-0.3, -0.25) is 4.79 Å².